The minimum absolute atomic E-state index is 0.0198. The van der Waals surface area contributed by atoms with Crippen molar-refractivity contribution in [2.45, 2.75) is 45.1 Å². The van der Waals surface area contributed by atoms with Crippen molar-refractivity contribution in [2.75, 3.05) is 12.4 Å². The lowest BCUT2D eigenvalue weighted by Crippen LogP contribution is -2.39. The number of nitrogens with zero attached hydrogens (tertiary/aromatic N) is 3. The van der Waals surface area contributed by atoms with Crippen LogP contribution in [0.25, 0.3) is 0 Å². The zero-order valence-corrected chi connectivity index (χ0v) is 13.9. The van der Waals surface area contributed by atoms with Gasteiger partial charge in [-0.3, -0.25) is 9.48 Å². The van der Waals surface area contributed by atoms with E-state index in [1.807, 2.05) is 11.7 Å². The molecule has 0 aliphatic heterocycles. The molecule has 0 aromatic carbocycles. The fraction of sp³-hybridized carbons (Fsp3) is 0.733. The molecule has 1 amide bonds. The first kappa shape index (κ1) is 17.2. The van der Waals surface area contributed by atoms with Crippen molar-refractivity contribution in [2.24, 2.45) is 13.0 Å². The SMILES string of the molecule is CC(CN(Cc1cnn(C)c1C1CC1)C(=O)CCl)C(C)(F)F. The Hall–Kier alpha value is -1.17. The quantitative estimate of drug-likeness (QED) is 0.719. The number of alkyl halides is 3. The highest BCUT2D eigenvalue weighted by molar-refractivity contribution is 6.27. The molecule has 7 heteroatoms. The van der Waals surface area contributed by atoms with Gasteiger partial charge in [0.05, 0.1) is 6.20 Å². The van der Waals surface area contributed by atoms with E-state index < -0.39 is 11.8 Å². The van der Waals surface area contributed by atoms with Gasteiger partial charge in [-0.1, -0.05) is 6.92 Å². The summed E-state index contributed by atoms with van der Waals surface area (Å²) in [6.07, 6.45) is 3.94. The molecule has 1 heterocycles. The number of rotatable bonds is 7. The third kappa shape index (κ3) is 3.97. The highest BCUT2D eigenvalue weighted by atomic mass is 35.5. The van der Waals surface area contributed by atoms with Crippen LogP contribution < -0.4 is 0 Å². The van der Waals surface area contributed by atoms with Gasteiger partial charge in [-0.05, 0) is 19.8 Å². The first-order valence-corrected chi connectivity index (χ1v) is 7.99. The number of hydrogen-bond acceptors (Lipinski definition) is 2. The van der Waals surface area contributed by atoms with Gasteiger partial charge in [0.1, 0.15) is 5.88 Å². The van der Waals surface area contributed by atoms with Crippen LogP contribution >= 0.6 is 11.6 Å². The largest absolute Gasteiger partial charge is 0.337 e. The molecule has 1 saturated carbocycles. The van der Waals surface area contributed by atoms with Crippen LogP contribution in [0.3, 0.4) is 0 Å². The fourth-order valence-electron chi connectivity index (χ4n) is 2.53. The van der Waals surface area contributed by atoms with E-state index in [0.29, 0.717) is 5.92 Å². The van der Waals surface area contributed by atoms with Gasteiger partial charge >= 0.3 is 0 Å². The van der Waals surface area contributed by atoms with Crippen molar-refractivity contribution in [1.29, 1.82) is 0 Å². The topological polar surface area (TPSA) is 38.1 Å². The molecular weight excluding hydrogens is 312 g/mol. The highest BCUT2D eigenvalue weighted by Gasteiger charge is 2.34. The van der Waals surface area contributed by atoms with Gasteiger partial charge in [0.15, 0.2) is 0 Å². The Morgan fingerprint density at radius 2 is 2.23 bits per heavy atom. The number of hydrogen-bond donors (Lipinski definition) is 0. The summed E-state index contributed by atoms with van der Waals surface area (Å²) >= 11 is 5.63. The van der Waals surface area contributed by atoms with Crippen LogP contribution in [-0.2, 0) is 18.4 Å². The molecule has 0 radical (unpaired) electrons. The first-order valence-electron chi connectivity index (χ1n) is 7.46. The summed E-state index contributed by atoms with van der Waals surface area (Å²) in [5, 5.41) is 4.24. The van der Waals surface area contributed by atoms with Crippen LogP contribution in [0.5, 0.6) is 0 Å². The normalized spacial score (nSPS) is 16.6. The van der Waals surface area contributed by atoms with Crippen molar-refractivity contribution in [3.63, 3.8) is 0 Å². The van der Waals surface area contributed by atoms with Crippen LogP contribution in [0.2, 0.25) is 0 Å². The van der Waals surface area contributed by atoms with E-state index in [9.17, 15) is 13.6 Å². The number of aryl methyl sites for hydroxylation is 1. The van der Waals surface area contributed by atoms with E-state index in [1.54, 1.807) is 6.20 Å². The predicted octanol–water partition coefficient (Wildman–Crippen LogP) is 3.16. The standard InChI is InChI=1S/C15H22ClF2N3O/c1-10(15(2,17)18)8-21(13(22)6-16)9-12-7-19-20(3)14(12)11-4-5-11/h7,10-11H,4-6,8-9H2,1-3H3. The molecule has 0 spiro atoms. The molecule has 1 aliphatic carbocycles. The Morgan fingerprint density at radius 1 is 1.59 bits per heavy atom. The number of carbonyl (C=O) groups is 1. The minimum Gasteiger partial charge on any atom is -0.337 e. The zero-order valence-electron chi connectivity index (χ0n) is 13.2. The van der Waals surface area contributed by atoms with Crippen molar-refractivity contribution >= 4 is 17.5 Å². The molecule has 2 rings (SSSR count). The average molecular weight is 334 g/mol. The monoisotopic (exact) mass is 333 g/mol. The van der Waals surface area contributed by atoms with E-state index in [0.717, 1.165) is 31.0 Å². The summed E-state index contributed by atoms with van der Waals surface area (Å²) in [7, 11) is 1.87. The van der Waals surface area contributed by atoms with Crippen molar-refractivity contribution in [3.8, 4) is 0 Å². The van der Waals surface area contributed by atoms with Gasteiger partial charge in [-0.25, -0.2) is 8.78 Å². The van der Waals surface area contributed by atoms with Crippen LogP contribution in [0.15, 0.2) is 6.20 Å². The molecule has 1 aliphatic rings. The lowest BCUT2D eigenvalue weighted by molar-refractivity contribution is -0.131. The molecular formula is C15H22ClF2N3O. The number of halogens is 3. The molecule has 0 N–H and O–H groups in total. The van der Waals surface area contributed by atoms with E-state index in [-0.39, 0.29) is 24.9 Å². The Labute approximate surface area is 134 Å². The number of amides is 1. The lowest BCUT2D eigenvalue weighted by Gasteiger charge is -2.28. The van der Waals surface area contributed by atoms with Crippen LogP contribution in [0.4, 0.5) is 8.78 Å². The lowest BCUT2D eigenvalue weighted by atomic mass is 10.0. The molecule has 1 unspecified atom stereocenters. The molecule has 4 nitrogen and oxygen atoms in total. The first-order chi connectivity index (χ1) is 10.2. The summed E-state index contributed by atoms with van der Waals surface area (Å²) in [5.41, 5.74) is 2.03. The minimum atomic E-state index is -2.83. The van der Waals surface area contributed by atoms with Gasteiger partial charge in [-0.15, -0.1) is 11.6 Å². The van der Waals surface area contributed by atoms with Crippen LogP contribution in [0, 0.1) is 5.92 Å². The third-order valence-corrected chi connectivity index (χ3v) is 4.44. The van der Waals surface area contributed by atoms with Gasteiger partial charge < -0.3 is 4.90 Å². The third-order valence-electron chi connectivity index (χ3n) is 4.22. The number of carbonyl (C=O) groups excluding carboxylic acids is 1. The Balaban J connectivity index is 2.15. The van der Waals surface area contributed by atoms with Crippen molar-refractivity contribution in [3.05, 3.63) is 17.5 Å². The second-order valence-corrected chi connectivity index (χ2v) is 6.49. The smallest absolute Gasteiger partial charge is 0.249 e. The molecule has 1 aromatic heterocycles. The summed E-state index contributed by atoms with van der Waals surface area (Å²) in [6, 6.07) is 0. The summed E-state index contributed by atoms with van der Waals surface area (Å²) in [4.78, 5) is 13.4. The summed E-state index contributed by atoms with van der Waals surface area (Å²) in [6.45, 7) is 2.58. The zero-order chi connectivity index (χ0) is 16.5. The van der Waals surface area contributed by atoms with Gasteiger partial charge in [0.2, 0.25) is 11.8 Å². The average Bonchev–Trinajstić information content (AvgIpc) is 3.20. The number of aromatic nitrogens is 2. The summed E-state index contributed by atoms with van der Waals surface area (Å²) in [5.74, 6) is -3.83. The van der Waals surface area contributed by atoms with E-state index in [2.05, 4.69) is 5.10 Å². The maximum Gasteiger partial charge on any atom is 0.249 e. The van der Waals surface area contributed by atoms with Crippen molar-refractivity contribution < 1.29 is 13.6 Å². The molecule has 124 valence electrons. The maximum atomic E-state index is 13.4. The molecule has 1 aromatic rings. The second-order valence-electron chi connectivity index (χ2n) is 6.22. The molecule has 22 heavy (non-hydrogen) atoms. The molecule has 0 saturated heterocycles. The highest BCUT2D eigenvalue weighted by Crippen LogP contribution is 2.41. The van der Waals surface area contributed by atoms with Crippen LogP contribution in [-0.4, -0.2) is 38.9 Å². The van der Waals surface area contributed by atoms with Gasteiger partial charge in [0, 0.05) is 43.2 Å². The van der Waals surface area contributed by atoms with Crippen LogP contribution in [0.1, 0.15) is 43.9 Å². The van der Waals surface area contributed by atoms with Gasteiger partial charge in [-0.2, -0.15) is 5.10 Å². The molecule has 1 fully saturated rings. The Morgan fingerprint density at radius 3 is 2.73 bits per heavy atom. The van der Waals surface area contributed by atoms with E-state index in [4.69, 9.17) is 11.6 Å². The second kappa shape index (κ2) is 6.52. The Bertz CT molecular complexity index is 537. The predicted molar refractivity (Wildman–Crippen MR) is 81.1 cm³/mol. The molecule has 0 bridgehead atoms. The maximum absolute atomic E-state index is 13.4. The van der Waals surface area contributed by atoms with E-state index in [1.165, 1.54) is 11.8 Å². The Kier molecular flexibility index (Phi) is 5.10. The van der Waals surface area contributed by atoms with Crippen molar-refractivity contribution in [1.82, 2.24) is 14.7 Å². The van der Waals surface area contributed by atoms with E-state index >= 15 is 0 Å². The summed E-state index contributed by atoms with van der Waals surface area (Å²) < 4.78 is 28.6. The molecule has 1 atom stereocenters. The van der Waals surface area contributed by atoms with Gasteiger partial charge in [0.25, 0.3) is 0 Å². The fourth-order valence-corrected chi connectivity index (χ4v) is 2.70.